The smallest absolute Gasteiger partial charge is 0.330 e. The zero-order valence-corrected chi connectivity index (χ0v) is 11.8. The molecule has 1 saturated heterocycles. The molecule has 2 heterocycles. The lowest BCUT2D eigenvalue weighted by molar-refractivity contribution is -0.0484. The number of aromatic nitrogens is 2. The largest absolute Gasteiger partial charge is 0.394 e. The van der Waals surface area contributed by atoms with Crippen LogP contribution in [0.5, 0.6) is 0 Å². The monoisotopic (exact) mass is 300 g/mol. The van der Waals surface area contributed by atoms with Crippen molar-refractivity contribution in [2.24, 2.45) is 5.92 Å². The molecule has 118 valence electrons. The van der Waals surface area contributed by atoms with Gasteiger partial charge in [0.25, 0.3) is 5.56 Å². The molecular weight excluding hydrogens is 280 g/mol. The van der Waals surface area contributed by atoms with Gasteiger partial charge in [0.1, 0.15) is 12.3 Å². The molecule has 0 saturated carbocycles. The molecule has 0 radical (unpaired) electrons. The van der Waals surface area contributed by atoms with E-state index in [1.54, 1.807) is 7.11 Å². The minimum Gasteiger partial charge on any atom is -0.394 e. The zero-order valence-electron chi connectivity index (χ0n) is 11.8. The van der Waals surface area contributed by atoms with Crippen LogP contribution in [0.25, 0.3) is 0 Å². The van der Waals surface area contributed by atoms with Gasteiger partial charge in [0.05, 0.1) is 12.7 Å². The summed E-state index contributed by atoms with van der Waals surface area (Å²) in [5, 5.41) is 19.5. The lowest BCUT2D eigenvalue weighted by Gasteiger charge is -2.21. The minimum absolute atomic E-state index is 0.337. The first-order valence-electron chi connectivity index (χ1n) is 6.83. The van der Waals surface area contributed by atoms with Gasteiger partial charge in [-0.1, -0.05) is 0 Å². The molecule has 0 bridgehead atoms. The van der Waals surface area contributed by atoms with E-state index in [4.69, 9.17) is 9.47 Å². The van der Waals surface area contributed by atoms with Crippen LogP contribution in [0.3, 0.4) is 0 Å². The predicted octanol–water partition coefficient (Wildman–Crippen LogP) is -1.17. The van der Waals surface area contributed by atoms with E-state index in [9.17, 15) is 19.8 Å². The average Bonchev–Trinajstić information content (AvgIpc) is 2.76. The van der Waals surface area contributed by atoms with E-state index in [1.807, 2.05) is 0 Å². The van der Waals surface area contributed by atoms with Gasteiger partial charge in [-0.3, -0.25) is 14.3 Å². The standard InChI is InChI=1S/C13H20N2O6/c1-20-6-2-3-8-11(18)9(7-16)21-12(8)15-5-4-10(17)14-13(15)19/h4-5,8-9,11-12,16,18H,2-3,6-7H2,1H3,(H,14,17,19)/t8?,9-,11-,12-/m1/s1. The number of hydrogen-bond acceptors (Lipinski definition) is 6. The van der Waals surface area contributed by atoms with E-state index in [1.165, 1.54) is 16.8 Å². The number of methoxy groups -OCH3 is 1. The Balaban J connectivity index is 2.25. The fourth-order valence-electron chi connectivity index (χ4n) is 2.63. The van der Waals surface area contributed by atoms with Crippen LogP contribution in [0.4, 0.5) is 0 Å². The number of aromatic amines is 1. The van der Waals surface area contributed by atoms with Crippen molar-refractivity contribution in [2.45, 2.75) is 31.3 Å². The Morgan fingerprint density at radius 3 is 2.86 bits per heavy atom. The summed E-state index contributed by atoms with van der Waals surface area (Å²) < 4.78 is 11.8. The van der Waals surface area contributed by atoms with Gasteiger partial charge in [0, 0.05) is 31.9 Å². The molecule has 0 aromatic carbocycles. The lowest BCUT2D eigenvalue weighted by atomic mass is 9.94. The highest BCUT2D eigenvalue weighted by Gasteiger charge is 2.44. The topological polar surface area (TPSA) is 114 Å². The molecule has 3 N–H and O–H groups in total. The molecule has 1 fully saturated rings. The molecule has 1 unspecified atom stereocenters. The summed E-state index contributed by atoms with van der Waals surface area (Å²) >= 11 is 0. The molecule has 8 heteroatoms. The molecule has 4 atom stereocenters. The first-order valence-corrected chi connectivity index (χ1v) is 6.83. The molecule has 1 aliphatic heterocycles. The Labute approximate surface area is 120 Å². The first-order chi connectivity index (χ1) is 10.1. The van der Waals surface area contributed by atoms with Crippen molar-refractivity contribution in [1.82, 2.24) is 9.55 Å². The van der Waals surface area contributed by atoms with Gasteiger partial charge in [-0.05, 0) is 12.8 Å². The maximum Gasteiger partial charge on any atom is 0.330 e. The van der Waals surface area contributed by atoms with Crippen molar-refractivity contribution in [3.05, 3.63) is 33.1 Å². The van der Waals surface area contributed by atoms with Gasteiger partial charge in [-0.25, -0.2) is 4.79 Å². The maximum atomic E-state index is 11.9. The molecule has 0 aliphatic carbocycles. The van der Waals surface area contributed by atoms with Gasteiger partial charge in [0.15, 0.2) is 0 Å². The highest BCUT2D eigenvalue weighted by atomic mass is 16.5. The number of aliphatic hydroxyl groups excluding tert-OH is 2. The van der Waals surface area contributed by atoms with Crippen LogP contribution in [0.15, 0.2) is 21.9 Å². The van der Waals surface area contributed by atoms with Crippen molar-refractivity contribution < 1.29 is 19.7 Å². The fraction of sp³-hybridized carbons (Fsp3) is 0.692. The highest BCUT2D eigenvalue weighted by molar-refractivity contribution is 4.92. The lowest BCUT2D eigenvalue weighted by Crippen LogP contribution is -2.35. The van der Waals surface area contributed by atoms with Crippen LogP contribution in [0.1, 0.15) is 19.1 Å². The number of ether oxygens (including phenoxy) is 2. The van der Waals surface area contributed by atoms with E-state index in [0.717, 1.165) is 0 Å². The van der Waals surface area contributed by atoms with E-state index < -0.39 is 29.7 Å². The van der Waals surface area contributed by atoms with E-state index in [2.05, 4.69) is 4.98 Å². The van der Waals surface area contributed by atoms with E-state index >= 15 is 0 Å². The van der Waals surface area contributed by atoms with Gasteiger partial charge in [0.2, 0.25) is 0 Å². The third-order valence-electron chi connectivity index (χ3n) is 3.69. The number of rotatable bonds is 6. The zero-order chi connectivity index (χ0) is 15.4. The number of nitrogens with zero attached hydrogens (tertiary/aromatic N) is 1. The van der Waals surface area contributed by atoms with E-state index in [0.29, 0.717) is 19.4 Å². The quantitative estimate of drug-likeness (QED) is 0.570. The number of hydrogen-bond donors (Lipinski definition) is 3. The molecule has 21 heavy (non-hydrogen) atoms. The van der Waals surface area contributed by atoms with Crippen LogP contribution < -0.4 is 11.2 Å². The predicted molar refractivity (Wildman–Crippen MR) is 72.9 cm³/mol. The van der Waals surface area contributed by atoms with Crippen molar-refractivity contribution in [2.75, 3.05) is 20.3 Å². The summed E-state index contributed by atoms with van der Waals surface area (Å²) in [7, 11) is 1.59. The molecular formula is C13H20N2O6. The fourth-order valence-corrected chi connectivity index (χ4v) is 2.63. The van der Waals surface area contributed by atoms with Gasteiger partial charge < -0.3 is 19.7 Å². The Morgan fingerprint density at radius 1 is 1.48 bits per heavy atom. The second kappa shape index (κ2) is 6.99. The van der Waals surface area contributed by atoms with Crippen LogP contribution in [-0.4, -0.2) is 52.3 Å². The highest BCUT2D eigenvalue weighted by Crippen LogP contribution is 2.36. The third-order valence-corrected chi connectivity index (χ3v) is 3.69. The van der Waals surface area contributed by atoms with Gasteiger partial charge in [-0.15, -0.1) is 0 Å². The summed E-state index contributed by atoms with van der Waals surface area (Å²) in [5.74, 6) is -0.360. The number of aliphatic hydroxyl groups is 2. The Morgan fingerprint density at radius 2 is 2.24 bits per heavy atom. The molecule has 1 aromatic heterocycles. The van der Waals surface area contributed by atoms with Crippen molar-refractivity contribution in [1.29, 1.82) is 0 Å². The number of H-pyrrole nitrogens is 1. The average molecular weight is 300 g/mol. The third kappa shape index (κ3) is 3.41. The van der Waals surface area contributed by atoms with Crippen molar-refractivity contribution in [3.8, 4) is 0 Å². The first kappa shape index (κ1) is 15.9. The summed E-state index contributed by atoms with van der Waals surface area (Å²) in [4.78, 5) is 25.1. The molecule has 0 spiro atoms. The second-order valence-corrected chi connectivity index (χ2v) is 5.05. The summed E-state index contributed by atoms with van der Waals surface area (Å²) in [6, 6.07) is 1.22. The molecule has 8 nitrogen and oxygen atoms in total. The van der Waals surface area contributed by atoms with E-state index in [-0.39, 0.29) is 12.5 Å². The number of nitrogens with one attached hydrogen (secondary N) is 1. The molecule has 2 rings (SSSR count). The normalized spacial score (nSPS) is 28.9. The van der Waals surface area contributed by atoms with Crippen molar-refractivity contribution >= 4 is 0 Å². The van der Waals surface area contributed by atoms with Gasteiger partial charge in [-0.2, -0.15) is 0 Å². The summed E-state index contributed by atoms with van der Waals surface area (Å²) in [6.07, 6.45) is 0.243. The minimum atomic E-state index is -0.879. The molecule has 0 amide bonds. The Kier molecular flexibility index (Phi) is 5.29. The Bertz CT molecular complexity index is 568. The van der Waals surface area contributed by atoms with Crippen LogP contribution in [0, 0.1) is 5.92 Å². The van der Waals surface area contributed by atoms with Crippen molar-refractivity contribution in [3.63, 3.8) is 0 Å². The molecule has 1 aromatic rings. The second-order valence-electron chi connectivity index (χ2n) is 5.05. The van der Waals surface area contributed by atoms with Crippen LogP contribution in [0.2, 0.25) is 0 Å². The maximum absolute atomic E-state index is 11.9. The van der Waals surface area contributed by atoms with Crippen LogP contribution >= 0.6 is 0 Å². The molecule has 1 aliphatic rings. The Hall–Kier alpha value is -1.48. The SMILES string of the molecule is COCCCC1[C@@H](O)[C@@H](CO)O[C@H]1n1ccc(=O)[nH]c1=O. The van der Waals surface area contributed by atoms with Crippen LogP contribution in [-0.2, 0) is 9.47 Å². The van der Waals surface area contributed by atoms with Gasteiger partial charge >= 0.3 is 5.69 Å². The summed E-state index contributed by atoms with van der Waals surface area (Å²) in [6.45, 7) is 0.191. The summed E-state index contributed by atoms with van der Waals surface area (Å²) in [5.41, 5.74) is -1.10.